The van der Waals surface area contributed by atoms with Crippen molar-refractivity contribution in [3.8, 4) is 0 Å². The normalized spacial score (nSPS) is 10.3. The Kier molecular flexibility index (Phi) is 3.09. The average Bonchev–Trinajstić information content (AvgIpc) is 2.97. The first-order chi connectivity index (χ1) is 8.60. The van der Waals surface area contributed by atoms with Crippen molar-refractivity contribution in [3.05, 3.63) is 39.8 Å². The van der Waals surface area contributed by atoms with Crippen LogP contribution in [0.25, 0.3) is 0 Å². The molecule has 0 atom stereocenters. The number of amides is 1. The van der Waals surface area contributed by atoms with E-state index in [1.807, 2.05) is 6.92 Å². The molecule has 18 heavy (non-hydrogen) atoms. The van der Waals surface area contributed by atoms with Gasteiger partial charge >= 0.3 is 5.88 Å². The van der Waals surface area contributed by atoms with E-state index in [1.54, 1.807) is 6.07 Å². The van der Waals surface area contributed by atoms with E-state index < -0.39 is 16.7 Å². The van der Waals surface area contributed by atoms with E-state index in [-0.39, 0.29) is 5.76 Å². The first kappa shape index (κ1) is 11.8. The second-order valence-electron chi connectivity index (χ2n) is 3.48. The summed E-state index contributed by atoms with van der Waals surface area (Å²) in [6.07, 6.45) is 0.759. The lowest BCUT2D eigenvalue weighted by Gasteiger charge is -1.96. The zero-order chi connectivity index (χ0) is 13.1. The summed E-state index contributed by atoms with van der Waals surface area (Å²) in [5.41, 5.74) is 0.871. The number of H-pyrrole nitrogens is 1. The number of aromatic amines is 1. The monoisotopic (exact) mass is 250 g/mol. The molecule has 0 saturated heterocycles. The van der Waals surface area contributed by atoms with Gasteiger partial charge in [0.2, 0.25) is 0 Å². The highest BCUT2D eigenvalue weighted by atomic mass is 16.6. The van der Waals surface area contributed by atoms with Gasteiger partial charge in [0.1, 0.15) is 4.92 Å². The molecule has 0 saturated carbocycles. The molecule has 0 fully saturated rings. The summed E-state index contributed by atoms with van der Waals surface area (Å²) in [5, 5.41) is 19.5. The van der Waals surface area contributed by atoms with Gasteiger partial charge in [-0.1, -0.05) is 6.92 Å². The Bertz CT molecular complexity index is 586. The molecule has 2 aromatic heterocycles. The second kappa shape index (κ2) is 4.70. The van der Waals surface area contributed by atoms with Crippen molar-refractivity contribution in [3.63, 3.8) is 0 Å². The van der Waals surface area contributed by atoms with Gasteiger partial charge in [-0.05, 0) is 12.5 Å². The summed E-state index contributed by atoms with van der Waals surface area (Å²) >= 11 is 0. The van der Waals surface area contributed by atoms with Crippen LogP contribution >= 0.6 is 0 Å². The fourth-order valence-corrected chi connectivity index (χ4v) is 1.33. The number of carbonyl (C=O) groups excluding carboxylic acids is 1. The minimum Gasteiger partial charge on any atom is -0.395 e. The molecule has 0 aliphatic rings. The maximum atomic E-state index is 11.7. The average molecular weight is 250 g/mol. The van der Waals surface area contributed by atoms with Crippen molar-refractivity contribution in [1.82, 2.24) is 10.2 Å². The van der Waals surface area contributed by atoms with Gasteiger partial charge in [0.15, 0.2) is 11.6 Å². The number of hydrogen-bond donors (Lipinski definition) is 2. The predicted molar refractivity (Wildman–Crippen MR) is 61.3 cm³/mol. The van der Waals surface area contributed by atoms with Gasteiger partial charge in [0.05, 0.1) is 6.07 Å². The van der Waals surface area contributed by atoms with E-state index in [9.17, 15) is 14.9 Å². The fraction of sp³-hybridized carbons (Fsp3) is 0.200. The largest absolute Gasteiger partial charge is 0.433 e. The molecule has 0 aliphatic carbocycles. The molecular weight excluding hydrogens is 240 g/mol. The highest BCUT2D eigenvalue weighted by Gasteiger charge is 2.17. The quantitative estimate of drug-likeness (QED) is 0.633. The number of nitro groups is 1. The van der Waals surface area contributed by atoms with Crippen LogP contribution in [0.1, 0.15) is 23.2 Å². The zero-order valence-electron chi connectivity index (χ0n) is 9.47. The van der Waals surface area contributed by atoms with Crippen molar-refractivity contribution in [2.24, 2.45) is 0 Å². The summed E-state index contributed by atoms with van der Waals surface area (Å²) in [4.78, 5) is 21.4. The van der Waals surface area contributed by atoms with Gasteiger partial charge in [-0.25, -0.2) is 0 Å². The molecule has 0 bridgehead atoms. The van der Waals surface area contributed by atoms with Gasteiger partial charge in [-0.3, -0.25) is 20.0 Å². The standard InChI is InChI=1S/C10H10N4O4/c1-2-6-5-8(13-12-6)11-10(15)7-3-4-9(18-7)14(16)17/h3-5H,2H2,1H3,(H2,11,12,13,15). The molecule has 0 spiro atoms. The maximum Gasteiger partial charge on any atom is 0.433 e. The number of furan rings is 1. The van der Waals surface area contributed by atoms with Crippen molar-refractivity contribution < 1.29 is 14.1 Å². The number of aromatic nitrogens is 2. The molecular formula is C10H10N4O4. The minimum absolute atomic E-state index is 0.136. The Morgan fingerprint density at radius 2 is 2.39 bits per heavy atom. The highest BCUT2D eigenvalue weighted by molar-refractivity contribution is 6.01. The Labute approximate surface area is 101 Å². The van der Waals surface area contributed by atoms with E-state index in [1.165, 1.54) is 6.07 Å². The van der Waals surface area contributed by atoms with Gasteiger partial charge < -0.3 is 9.73 Å². The van der Waals surface area contributed by atoms with E-state index in [4.69, 9.17) is 4.42 Å². The number of aryl methyl sites for hydroxylation is 1. The fourth-order valence-electron chi connectivity index (χ4n) is 1.33. The summed E-state index contributed by atoms with van der Waals surface area (Å²) in [6, 6.07) is 4.03. The third-order valence-corrected chi connectivity index (χ3v) is 2.25. The number of hydrogen-bond acceptors (Lipinski definition) is 5. The Morgan fingerprint density at radius 1 is 1.61 bits per heavy atom. The number of carbonyl (C=O) groups is 1. The molecule has 94 valence electrons. The highest BCUT2D eigenvalue weighted by Crippen LogP contribution is 2.16. The number of rotatable bonds is 4. The number of nitrogens with zero attached hydrogens (tertiary/aromatic N) is 2. The Hall–Kier alpha value is -2.64. The summed E-state index contributed by atoms with van der Waals surface area (Å²) in [6.45, 7) is 1.94. The van der Waals surface area contributed by atoms with E-state index in [2.05, 4.69) is 15.5 Å². The topological polar surface area (TPSA) is 114 Å². The van der Waals surface area contributed by atoms with Crippen LogP contribution in [0.4, 0.5) is 11.7 Å². The lowest BCUT2D eigenvalue weighted by Crippen LogP contribution is -2.11. The predicted octanol–water partition coefficient (Wildman–Crippen LogP) is 1.73. The second-order valence-corrected chi connectivity index (χ2v) is 3.48. The lowest BCUT2D eigenvalue weighted by atomic mass is 10.3. The number of nitrogens with one attached hydrogen (secondary N) is 2. The smallest absolute Gasteiger partial charge is 0.395 e. The molecule has 0 radical (unpaired) electrons. The summed E-state index contributed by atoms with van der Waals surface area (Å²) < 4.78 is 4.76. The molecule has 0 aliphatic heterocycles. The Balaban J connectivity index is 2.09. The van der Waals surface area contributed by atoms with Crippen LogP contribution in [0.5, 0.6) is 0 Å². The van der Waals surface area contributed by atoms with Gasteiger partial charge in [0.25, 0.3) is 5.91 Å². The van der Waals surface area contributed by atoms with Crippen LogP contribution in [-0.2, 0) is 6.42 Å². The van der Waals surface area contributed by atoms with Crippen molar-refractivity contribution in [1.29, 1.82) is 0 Å². The summed E-state index contributed by atoms with van der Waals surface area (Å²) in [5.74, 6) is -0.854. The minimum atomic E-state index is -0.708. The third kappa shape index (κ3) is 2.37. The van der Waals surface area contributed by atoms with E-state index in [0.717, 1.165) is 18.2 Å². The molecule has 8 heteroatoms. The molecule has 2 N–H and O–H groups in total. The van der Waals surface area contributed by atoms with Crippen molar-refractivity contribution in [2.45, 2.75) is 13.3 Å². The number of anilines is 1. The molecule has 2 rings (SSSR count). The molecule has 2 heterocycles. The van der Waals surface area contributed by atoms with Gasteiger partial charge in [-0.15, -0.1) is 0 Å². The molecule has 1 amide bonds. The molecule has 0 aromatic carbocycles. The van der Waals surface area contributed by atoms with Crippen LogP contribution in [0, 0.1) is 10.1 Å². The van der Waals surface area contributed by atoms with Gasteiger partial charge in [0, 0.05) is 11.8 Å². The van der Waals surface area contributed by atoms with Crippen LogP contribution < -0.4 is 5.32 Å². The van der Waals surface area contributed by atoms with Crippen LogP contribution in [-0.4, -0.2) is 21.0 Å². The first-order valence-corrected chi connectivity index (χ1v) is 5.20. The van der Waals surface area contributed by atoms with Gasteiger partial charge in [-0.2, -0.15) is 5.10 Å². The molecule has 8 nitrogen and oxygen atoms in total. The van der Waals surface area contributed by atoms with Crippen LogP contribution in [0.2, 0.25) is 0 Å². The first-order valence-electron chi connectivity index (χ1n) is 5.20. The van der Waals surface area contributed by atoms with E-state index >= 15 is 0 Å². The van der Waals surface area contributed by atoms with Crippen LogP contribution in [0.3, 0.4) is 0 Å². The Morgan fingerprint density at radius 3 is 2.94 bits per heavy atom. The summed E-state index contributed by atoms with van der Waals surface area (Å²) in [7, 11) is 0. The van der Waals surface area contributed by atoms with Crippen molar-refractivity contribution in [2.75, 3.05) is 5.32 Å². The molecule has 0 unspecified atom stereocenters. The van der Waals surface area contributed by atoms with E-state index in [0.29, 0.717) is 5.82 Å². The van der Waals surface area contributed by atoms with Crippen molar-refractivity contribution >= 4 is 17.6 Å². The zero-order valence-corrected chi connectivity index (χ0v) is 9.47. The van der Waals surface area contributed by atoms with Crippen LogP contribution in [0.15, 0.2) is 22.6 Å². The maximum absolute atomic E-state index is 11.7. The SMILES string of the molecule is CCc1cc(NC(=O)c2ccc([N+](=O)[O-])o2)n[nH]1. The molecule has 2 aromatic rings. The third-order valence-electron chi connectivity index (χ3n) is 2.25. The lowest BCUT2D eigenvalue weighted by molar-refractivity contribution is -0.402.